The molecular formula is C17H29N3. The fourth-order valence-electron chi connectivity index (χ4n) is 3.94. The molecule has 2 fully saturated rings. The lowest BCUT2D eigenvalue weighted by Crippen LogP contribution is -2.46. The quantitative estimate of drug-likeness (QED) is 0.819. The van der Waals surface area contributed by atoms with Crippen molar-refractivity contribution >= 4 is 0 Å². The molecule has 2 saturated heterocycles. The predicted octanol–water partition coefficient (Wildman–Crippen LogP) is 3.93. The summed E-state index contributed by atoms with van der Waals surface area (Å²) in [4.78, 5) is 11.5. The van der Waals surface area contributed by atoms with E-state index in [4.69, 9.17) is 0 Å². The SMILES string of the molecule is CC.Cc1ncc(C2CC3CCC(C2)N3C(C)C)cn1. The molecule has 0 saturated carbocycles. The van der Waals surface area contributed by atoms with Gasteiger partial charge in [0.1, 0.15) is 5.82 Å². The van der Waals surface area contributed by atoms with Crippen LogP contribution in [-0.2, 0) is 0 Å². The summed E-state index contributed by atoms with van der Waals surface area (Å²) in [5, 5.41) is 0. The van der Waals surface area contributed by atoms with Crippen molar-refractivity contribution in [2.24, 2.45) is 0 Å². The van der Waals surface area contributed by atoms with E-state index >= 15 is 0 Å². The normalized spacial score (nSPS) is 29.2. The van der Waals surface area contributed by atoms with Crippen molar-refractivity contribution in [3.05, 3.63) is 23.8 Å². The van der Waals surface area contributed by atoms with Gasteiger partial charge in [-0.3, -0.25) is 4.90 Å². The molecule has 112 valence electrons. The molecule has 2 atom stereocenters. The summed E-state index contributed by atoms with van der Waals surface area (Å²) in [7, 11) is 0. The van der Waals surface area contributed by atoms with Gasteiger partial charge in [0.2, 0.25) is 0 Å². The largest absolute Gasteiger partial charge is 0.295 e. The van der Waals surface area contributed by atoms with Gasteiger partial charge < -0.3 is 0 Å². The number of fused-ring (bicyclic) bond motifs is 2. The molecular weight excluding hydrogens is 246 g/mol. The Kier molecular flexibility index (Phi) is 5.14. The smallest absolute Gasteiger partial charge is 0.125 e. The highest BCUT2D eigenvalue weighted by Gasteiger charge is 2.42. The Balaban J connectivity index is 0.000000704. The second-order valence-corrected chi connectivity index (χ2v) is 6.16. The Morgan fingerprint density at radius 2 is 1.55 bits per heavy atom. The average molecular weight is 275 g/mol. The van der Waals surface area contributed by atoms with Crippen molar-refractivity contribution in [3.63, 3.8) is 0 Å². The summed E-state index contributed by atoms with van der Waals surface area (Å²) in [6.45, 7) is 10.6. The van der Waals surface area contributed by atoms with Gasteiger partial charge in [0, 0.05) is 30.5 Å². The van der Waals surface area contributed by atoms with Gasteiger partial charge in [-0.2, -0.15) is 0 Å². The van der Waals surface area contributed by atoms with Gasteiger partial charge in [0.15, 0.2) is 0 Å². The van der Waals surface area contributed by atoms with Crippen molar-refractivity contribution in [3.8, 4) is 0 Å². The monoisotopic (exact) mass is 275 g/mol. The van der Waals surface area contributed by atoms with Gasteiger partial charge in [-0.05, 0) is 57.9 Å². The van der Waals surface area contributed by atoms with Crippen LogP contribution in [0.4, 0.5) is 0 Å². The maximum Gasteiger partial charge on any atom is 0.125 e. The lowest BCUT2D eigenvalue weighted by Gasteiger charge is -2.41. The topological polar surface area (TPSA) is 29.0 Å². The predicted molar refractivity (Wildman–Crippen MR) is 83.9 cm³/mol. The molecule has 0 spiro atoms. The molecule has 3 rings (SSSR count). The molecule has 0 aliphatic carbocycles. The number of hydrogen-bond donors (Lipinski definition) is 0. The molecule has 2 unspecified atom stereocenters. The summed E-state index contributed by atoms with van der Waals surface area (Å²) >= 11 is 0. The van der Waals surface area contributed by atoms with Gasteiger partial charge in [0.25, 0.3) is 0 Å². The zero-order valence-corrected chi connectivity index (χ0v) is 13.6. The van der Waals surface area contributed by atoms with Crippen molar-refractivity contribution < 1.29 is 0 Å². The third kappa shape index (κ3) is 3.03. The van der Waals surface area contributed by atoms with Crippen molar-refractivity contribution in [1.82, 2.24) is 14.9 Å². The van der Waals surface area contributed by atoms with Crippen LogP contribution in [0, 0.1) is 6.92 Å². The number of hydrogen-bond acceptors (Lipinski definition) is 3. The average Bonchev–Trinajstić information content (AvgIpc) is 2.73. The maximum absolute atomic E-state index is 4.35. The zero-order chi connectivity index (χ0) is 14.7. The molecule has 1 aromatic heterocycles. The van der Waals surface area contributed by atoms with E-state index in [1.807, 2.05) is 33.2 Å². The fourth-order valence-corrected chi connectivity index (χ4v) is 3.94. The van der Waals surface area contributed by atoms with E-state index in [0.29, 0.717) is 12.0 Å². The second-order valence-electron chi connectivity index (χ2n) is 6.16. The molecule has 20 heavy (non-hydrogen) atoms. The van der Waals surface area contributed by atoms with Crippen LogP contribution in [0.5, 0.6) is 0 Å². The van der Waals surface area contributed by atoms with Crippen LogP contribution in [0.2, 0.25) is 0 Å². The molecule has 1 aromatic rings. The zero-order valence-electron chi connectivity index (χ0n) is 13.6. The summed E-state index contributed by atoms with van der Waals surface area (Å²) in [6, 6.07) is 2.27. The van der Waals surface area contributed by atoms with Gasteiger partial charge in [0.05, 0.1) is 0 Å². The third-order valence-electron chi connectivity index (χ3n) is 4.66. The highest BCUT2D eigenvalue weighted by atomic mass is 15.2. The standard InChI is InChI=1S/C15H23N3.C2H6/c1-10(2)18-14-4-5-15(18)7-12(6-14)13-8-16-11(3)17-9-13;1-2/h8-10,12,14-15H,4-7H2,1-3H3;1-2H3. The molecule has 2 bridgehead atoms. The van der Waals surface area contributed by atoms with Crippen LogP contribution in [0.1, 0.15) is 70.7 Å². The van der Waals surface area contributed by atoms with E-state index in [0.717, 1.165) is 17.9 Å². The second kappa shape index (κ2) is 6.66. The fraction of sp³-hybridized carbons (Fsp3) is 0.765. The van der Waals surface area contributed by atoms with Crippen molar-refractivity contribution in [2.45, 2.75) is 84.3 Å². The molecule has 0 radical (unpaired) electrons. The van der Waals surface area contributed by atoms with E-state index in [9.17, 15) is 0 Å². The minimum Gasteiger partial charge on any atom is -0.295 e. The number of nitrogens with zero attached hydrogens (tertiary/aromatic N) is 3. The molecule has 0 amide bonds. The van der Waals surface area contributed by atoms with E-state index in [-0.39, 0.29) is 0 Å². The third-order valence-corrected chi connectivity index (χ3v) is 4.66. The van der Waals surface area contributed by atoms with Crippen molar-refractivity contribution in [1.29, 1.82) is 0 Å². The number of aromatic nitrogens is 2. The van der Waals surface area contributed by atoms with Crippen LogP contribution < -0.4 is 0 Å². The van der Waals surface area contributed by atoms with Gasteiger partial charge >= 0.3 is 0 Å². The van der Waals surface area contributed by atoms with Gasteiger partial charge in [-0.25, -0.2) is 9.97 Å². The summed E-state index contributed by atoms with van der Waals surface area (Å²) in [6.07, 6.45) is 9.43. The molecule has 3 nitrogen and oxygen atoms in total. The summed E-state index contributed by atoms with van der Waals surface area (Å²) in [5.41, 5.74) is 1.35. The van der Waals surface area contributed by atoms with Gasteiger partial charge in [-0.1, -0.05) is 13.8 Å². The van der Waals surface area contributed by atoms with E-state index in [2.05, 4.69) is 28.7 Å². The highest BCUT2D eigenvalue weighted by Crippen LogP contribution is 2.43. The van der Waals surface area contributed by atoms with Crippen LogP contribution in [0.3, 0.4) is 0 Å². The molecule has 3 heterocycles. The summed E-state index contributed by atoms with van der Waals surface area (Å²) < 4.78 is 0. The Labute approximate surface area is 123 Å². The molecule has 3 heteroatoms. The van der Waals surface area contributed by atoms with E-state index in [1.54, 1.807) is 0 Å². The molecule has 0 N–H and O–H groups in total. The minimum absolute atomic E-state index is 0.679. The minimum atomic E-state index is 0.679. The Morgan fingerprint density at radius 1 is 1.05 bits per heavy atom. The first kappa shape index (κ1) is 15.4. The molecule has 2 aliphatic rings. The lowest BCUT2D eigenvalue weighted by atomic mass is 9.86. The van der Waals surface area contributed by atoms with Crippen LogP contribution in [-0.4, -0.2) is 33.0 Å². The first-order valence-electron chi connectivity index (χ1n) is 8.21. The molecule has 2 aliphatic heterocycles. The Bertz CT molecular complexity index is 399. The molecule has 0 aromatic carbocycles. The van der Waals surface area contributed by atoms with Crippen molar-refractivity contribution in [2.75, 3.05) is 0 Å². The van der Waals surface area contributed by atoms with Gasteiger partial charge in [-0.15, -0.1) is 0 Å². The first-order valence-corrected chi connectivity index (χ1v) is 8.21. The maximum atomic E-state index is 4.35. The van der Waals surface area contributed by atoms with Crippen LogP contribution in [0.25, 0.3) is 0 Å². The number of rotatable bonds is 2. The van der Waals surface area contributed by atoms with Crippen LogP contribution >= 0.6 is 0 Å². The summed E-state index contributed by atoms with van der Waals surface area (Å²) in [5.74, 6) is 1.56. The lowest BCUT2D eigenvalue weighted by molar-refractivity contribution is 0.0924. The highest BCUT2D eigenvalue weighted by molar-refractivity contribution is 5.16. The first-order chi connectivity index (χ1) is 9.65. The Hall–Kier alpha value is -0.960. The Morgan fingerprint density at radius 3 is 2.00 bits per heavy atom. The van der Waals surface area contributed by atoms with E-state index in [1.165, 1.54) is 31.2 Å². The van der Waals surface area contributed by atoms with Crippen LogP contribution in [0.15, 0.2) is 12.4 Å². The van der Waals surface area contributed by atoms with E-state index < -0.39 is 0 Å². The number of aryl methyl sites for hydroxylation is 1. The number of piperidine rings is 1.